The number of carbonyl (C=O) groups excluding carboxylic acids is 1. The molecule has 1 aliphatic rings. The number of nitrogens with one attached hydrogen (secondary N) is 1. The minimum Gasteiger partial charge on any atom is -0.486 e. The van der Waals surface area contributed by atoms with E-state index in [0.717, 1.165) is 17.7 Å². The summed E-state index contributed by atoms with van der Waals surface area (Å²) in [5.74, 6) is 0.687. The summed E-state index contributed by atoms with van der Waals surface area (Å²) in [6.07, 6.45) is 0.809. The summed E-state index contributed by atoms with van der Waals surface area (Å²) in [4.78, 5) is 14.4. The van der Waals surface area contributed by atoms with Crippen molar-refractivity contribution in [2.75, 3.05) is 16.8 Å². The fraction of sp³-hybridized carbons (Fsp3) is 0.278. The van der Waals surface area contributed by atoms with Gasteiger partial charge in [0, 0.05) is 10.7 Å². The fourth-order valence-corrected chi connectivity index (χ4v) is 2.72. The molecule has 0 unspecified atom stereocenters. The molecule has 2 aromatic carbocycles. The topological polar surface area (TPSA) is 41.6 Å². The Bertz CT molecular complexity index is 715. The highest BCUT2D eigenvalue weighted by atomic mass is 35.5. The second-order valence-corrected chi connectivity index (χ2v) is 6.10. The number of ether oxygens (including phenoxy) is 1. The first-order valence-corrected chi connectivity index (χ1v) is 8.06. The van der Waals surface area contributed by atoms with E-state index in [4.69, 9.17) is 16.3 Å². The minimum absolute atomic E-state index is 0.0209. The number of carbonyl (C=O) groups is 1. The van der Waals surface area contributed by atoms with E-state index in [0.29, 0.717) is 23.0 Å². The Morgan fingerprint density at radius 1 is 1.30 bits per heavy atom. The molecule has 1 heterocycles. The first-order chi connectivity index (χ1) is 11.1. The molecule has 23 heavy (non-hydrogen) atoms. The van der Waals surface area contributed by atoms with Gasteiger partial charge in [-0.2, -0.15) is 0 Å². The largest absolute Gasteiger partial charge is 0.486 e. The van der Waals surface area contributed by atoms with Crippen molar-refractivity contribution >= 4 is 29.0 Å². The minimum atomic E-state index is -0.181. The molecule has 5 heteroatoms. The van der Waals surface area contributed by atoms with Crippen LogP contribution in [-0.4, -0.2) is 18.7 Å². The summed E-state index contributed by atoms with van der Waals surface area (Å²) in [7, 11) is 0. The highest BCUT2D eigenvalue weighted by Crippen LogP contribution is 2.36. The Kier molecular flexibility index (Phi) is 4.44. The number of nitrogens with zero attached hydrogens (tertiary/aromatic N) is 1. The second kappa shape index (κ2) is 6.50. The van der Waals surface area contributed by atoms with Crippen LogP contribution in [0.25, 0.3) is 0 Å². The number of aryl methyl sites for hydroxylation is 1. The number of halogens is 1. The molecule has 4 nitrogen and oxygen atoms in total. The predicted octanol–water partition coefficient (Wildman–Crippen LogP) is 4.86. The van der Waals surface area contributed by atoms with Crippen LogP contribution in [0.2, 0.25) is 5.02 Å². The molecule has 2 amide bonds. The molecule has 0 fully saturated rings. The Hall–Kier alpha value is -2.20. The molecule has 1 atom stereocenters. The number of urea groups is 1. The maximum atomic E-state index is 12.7. The van der Waals surface area contributed by atoms with Crippen LogP contribution in [0.1, 0.15) is 18.9 Å². The molecule has 0 aromatic heterocycles. The van der Waals surface area contributed by atoms with Gasteiger partial charge in [-0.25, -0.2) is 4.79 Å². The van der Waals surface area contributed by atoms with E-state index in [2.05, 4.69) is 5.32 Å². The summed E-state index contributed by atoms with van der Waals surface area (Å²) in [6.45, 7) is 4.56. The van der Waals surface area contributed by atoms with Crippen molar-refractivity contribution < 1.29 is 9.53 Å². The van der Waals surface area contributed by atoms with Crippen LogP contribution >= 0.6 is 11.6 Å². The van der Waals surface area contributed by atoms with Crippen LogP contribution in [0.5, 0.6) is 5.75 Å². The van der Waals surface area contributed by atoms with Crippen LogP contribution in [0, 0.1) is 6.92 Å². The van der Waals surface area contributed by atoms with Crippen LogP contribution in [0.4, 0.5) is 16.2 Å². The first kappa shape index (κ1) is 15.7. The number of rotatable bonds is 2. The van der Waals surface area contributed by atoms with Crippen LogP contribution < -0.4 is 15.0 Å². The lowest BCUT2D eigenvalue weighted by molar-refractivity contribution is 0.188. The van der Waals surface area contributed by atoms with Gasteiger partial charge in [0.2, 0.25) is 0 Å². The van der Waals surface area contributed by atoms with Crippen molar-refractivity contribution in [2.24, 2.45) is 0 Å². The summed E-state index contributed by atoms with van der Waals surface area (Å²) in [5, 5.41) is 3.51. The molecule has 3 rings (SSSR count). The van der Waals surface area contributed by atoms with Gasteiger partial charge in [0.1, 0.15) is 11.9 Å². The molecular formula is C18H19ClN2O2. The summed E-state index contributed by atoms with van der Waals surface area (Å²) < 4.78 is 5.90. The number of hydrogen-bond acceptors (Lipinski definition) is 2. The molecule has 0 spiro atoms. The van der Waals surface area contributed by atoms with Crippen molar-refractivity contribution in [3.05, 3.63) is 53.1 Å². The molecule has 0 radical (unpaired) electrons. The van der Waals surface area contributed by atoms with Crippen molar-refractivity contribution in [1.29, 1.82) is 0 Å². The van der Waals surface area contributed by atoms with E-state index in [1.807, 2.05) is 44.2 Å². The van der Waals surface area contributed by atoms with Gasteiger partial charge >= 0.3 is 6.03 Å². The number of fused-ring (bicyclic) bond motifs is 1. The van der Waals surface area contributed by atoms with Gasteiger partial charge < -0.3 is 10.1 Å². The predicted molar refractivity (Wildman–Crippen MR) is 93.7 cm³/mol. The molecular weight excluding hydrogens is 312 g/mol. The lowest BCUT2D eigenvalue weighted by Gasteiger charge is -2.34. The van der Waals surface area contributed by atoms with E-state index in [1.165, 1.54) is 0 Å². The maximum absolute atomic E-state index is 12.7. The van der Waals surface area contributed by atoms with Crippen LogP contribution in [-0.2, 0) is 0 Å². The Labute approximate surface area is 141 Å². The summed E-state index contributed by atoms with van der Waals surface area (Å²) in [6, 6.07) is 12.9. The zero-order valence-corrected chi connectivity index (χ0v) is 13.9. The van der Waals surface area contributed by atoms with Gasteiger partial charge in [-0.1, -0.05) is 36.2 Å². The van der Waals surface area contributed by atoms with Crippen molar-refractivity contribution in [3.63, 3.8) is 0 Å². The smallest absolute Gasteiger partial charge is 0.326 e. The number of hydrogen-bond donors (Lipinski definition) is 1. The molecule has 0 saturated heterocycles. The summed E-state index contributed by atoms with van der Waals surface area (Å²) in [5.41, 5.74) is 2.62. The van der Waals surface area contributed by atoms with Gasteiger partial charge in [0.05, 0.1) is 12.2 Å². The zero-order chi connectivity index (χ0) is 16.4. The molecule has 0 aliphatic carbocycles. The Morgan fingerprint density at radius 2 is 2.04 bits per heavy atom. The lowest BCUT2D eigenvalue weighted by Crippen LogP contribution is -2.45. The fourth-order valence-electron chi connectivity index (χ4n) is 2.55. The average Bonchev–Trinajstić information content (AvgIpc) is 2.56. The third-order valence-electron chi connectivity index (χ3n) is 3.89. The van der Waals surface area contributed by atoms with Gasteiger partial charge in [0.25, 0.3) is 0 Å². The number of anilines is 2. The van der Waals surface area contributed by atoms with Crippen molar-refractivity contribution in [1.82, 2.24) is 0 Å². The molecule has 0 saturated carbocycles. The highest BCUT2D eigenvalue weighted by molar-refractivity contribution is 6.31. The third-order valence-corrected chi connectivity index (χ3v) is 4.13. The second-order valence-electron chi connectivity index (χ2n) is 5.67. The summed E-state index contributed by atoms with van der Waals surface area (Å²) >= 11 is 6.08. The molecule has 1 N–H and O–H groups in total. The van der Waals surface area contributed by atoms with Gasteiger partial charge in [-0.15, -0.1) is 0 Å². The van der Waals surface area contributed by atoms with E-state index >= 15 is 0 Å². The quantitative estimate of drug-likeness (QED) is 0.854. The van der Waals surface area contributed by atoms with E-state index in [1.54, 1.807) is 17.0 Å². The number of amides is 2. The van der Waals surface area contributed by atoms with Gasteiger partial charge in [0.15, 0.2) is 0 Å². The zero-order valence-electron chi connectivity index (χ0n) is 13.2. The Morgan fingerprint density at radius 3 is 2.74 bits per heavy atom. The van der Waals surface area contributed by atoms with Gasteiger partial charge in [-0.05, 0) is 43.7 Å². The van der Waals surface area contributed by atoms with Crippen molar-refractivity contribution in [2.45, 2.75) is 26.4 Å². The van der Waals surface area contributed by atoms with Crippen LogP contribution in [0.3, 0.4) is 0 Å². The first-order valence-electron chi connectivity index (χ1n) is 7.68. The average molecular weight is 331 g/mol. The SMILES string of the molecule is CC[C@H]1CN(C(=O)Nc2ccc(C)cc2)c2cc(Cl)ccc2O1. The monoisotopic (exact) mass is 330 g/mol. The lowest BCUT2D eigenvalue weighted by atomic mass is 10.1. The normalized spacial score (nSPS) is 16.5. The third kappa shape index (κ3) is 3.42. The van der Waals surface area contributed by atoms with E-state index in [-0.39, 0.29) is 12.1 Å². The van der Waals surface area contributed by atoms with E-state index < -0.39 is 0 Å². The molecule has 2 aromatic rings. The Balaban J connectivity index is 1.87. The standard InChI is InChI=1S/C18H19ClN2O2/c1-3-15-11-21(16-10-13(19)6-9-17(16)23-15)18(22)20-14-7-4-12(2)5-8-14/h4-10,15H,3,11H2,1-2H3,(H,20,22)/t15-/m0/s1. The number of benzene rings is 2. The van der Waals surface area contributed by atoms with Crippen LogP contribution in [0.15, 0.2) is 42.5 Å². The maximum Gasteiger partial charge on any atom is 0.326 e. The molecule has 1 aliphatic heterocycles. The molecule has 0 bridgehead atoms. The van der Waals surface area contributed by atoms with Gasteiger partial charge in [-0.3, -0.25) is 4.90 Å². The highest BCUT2D eigenvalue weighted by Gasteiger charge is 2.29. The molecule has 120 valence electrons. The van der Waals surface area contributed by atoms with Crippen molar-refractivity contribution in [3.8, 4) is 5.75 Å². The van der Waals surface area contributed by atoms with E-state index in [9.17, 15) is 4.79 Å².